The summed E-state index contributed by atoms with van der Waals surface area (Å²) in [6, 6.07) is 12.4. The lowest BCUT2D eigenvalue weighted by Gasteiger charge is -2.35. The van der Waals surface area contributed by atoms with Crippen molar-refractivity contribution in [3.8, 4) is 11.3 Å². The highest BCUT2D eigenvalue weighted by molar-refractivity contribution is 9.10. The first-order chi connectivity index (χ1) is 11.6. The van der Waals surface area contributed by atoms with Crippen LogP contribution in [-0.4, -0.2) is 36.1 Å². The molecule has 0 saturated carbocycles. The van der Waals surface area contributed by atoms with E-state index >= 15 is 0 Å². The van der Waals surface area contributed by atoms with Crippen molar-refractivity contribution in [3.63, 3.8) is 0 Å². The van der Waals surface area contributed by atoms with Crippen molar-refractivity contribution < 1.29 is 13.9 Å². The third kappa shape index (κ3) is 3.03. The molecule has 0 radical (unpaired) electrons. The van der Waals surface area contributed by atoms with E-state index in [9.17, 15) is 4.79 Å². The van der Waals surface area contributed by atoms with Crippen LogP contribution in [-0.2, 0) is 4.74 Å². The predicted molar refractivity (Wildman–Crippen MR) is 94.9 cm³/mol. The average molecular weight is 390 g/mol. The van der Waals surface area contributed by atoms with E-state index in [0.717, 1.165) is 22.9 Å². The Labute approximate surface area is 149 Å². The smallest absolute Gasteiger partial charge is 0.374 e. The molecule has 3 heterocycles. The second-order valence-corrected chi connectivity index (χ2v) is 7.64. The van der Waals surface area contributed by atoms with Gasteiger partial charge in [-0.3, -0.25) is 0 Å². The summed E-state index contributed by atoms with van der Waals surface area (Å²) in [5.74, 6) is 0.601. The van der Waals surface area contributed by atoms with Crippen LogP contribution in [0.15, 0.2) is 45.3 Å². The molecule has 4 rings (SSSR count). The summed E-state index contributed by atoms with van der Waals surface area (Å²) in [5, 5.41) is 0. The molecule has 0 amide bonds. The zero-order chi connectivity index (χ0) is 16.7. The van der Waals surface area contributed by atoms with Crippen LogP contribution in [0.25, 0.3) is 11.3 Å². The minimum atomic E-state index is -0.354. The van der Waals surface area contributed by atoms with Gasteiger partial charge in [0.15, 0.2) is 0 Å². The molecule has 2 aromatic rings. The van der Waals surface area contributed by atoms with Gasteiger partial charge in [-0.1, -0.05) is 28.1 Å². The lowest BCUT2D eigenvalue weighted by Crippen LogP contribution is -2.43. The highest BCUT2D eigenvalue weighted by atomic mass is 79.9. The van der Waals surface area contributed by atoms with Gasteiger partial charge in [0.2, 0.25) is 5.76 Å². The lowest BCUT2D eigenvalue weighted by atomic mass is 10.0. The number of fused-ring (bicyclic) bond motifs is 2. The summed E-state index contributed by atoms with van der Waals surface area (Å²) in [5.41, 5.74) is 0.939. The summed E-state index contributed by atoms with van der Waals surface area (Å²) in [6.45, 7) is 0. The van der Waals surface area contributed by atoms with Crippen LogP contribution in [0.4, 0.5) is 0 Å². The van der Waals surface area contributed by atoms with Gasteiger partial charge in [0.1, 0.15) is 11.9 Å². The molecule has 2 unspecified atom stereocenters. The molecule has 0 N–H and O–H groups in total. The molecule has 0 spiro atoms. The Bertz CT molecular complexity index is 725. The quantitative estimate of drug-likeness (QED) is 0.725. The van der Waals surface area contributed by atoms with Crippen molar-refractivity contribution in [2.45, 2.75) is 43.9 Å². The molecule has 2 fully saturated rings. The number of rotatable bonds is 3. The van der Waals surface area contributed by atoms with E-state index in [0.29, 0.717) is 17.8 Å². The molecule has 0 aliphatic carbocycles. The number of piperidine rings is 1. The molecule has 1 aromatic heterocycles. The van der Waals surface area contributed by atoms with Crippen LogP contribution in [0.2, 0.25) is 0 Å². The second-order valence-electron chi connectivity index (χ2n) is 6.72. The van der Waals surface area contributed by atoms with Gasteiger partial charge in [-0.25, -0.2) is 4.79 Å². The van der Waals surface area contributed by atoms with Gasteiger partial charge in [-0.2, -0.15) is 0 Å². The van der Waals surface area contributed by atoms with Gasteiger partial charge in [-0.15, -0.1) is 0 Å². The Hall–Kier alpha value is -1.59. The number of nitrogens with zero attached hydrogens (tertiary/aromatic N) is 1. The summed E-state index contributed by atoms with van der Waals surface area (Å²) in [4.78, 5) is 14.8. The van der Waals surface area contributed by atoms with E-state index in [4.69, 9.17) is 9.15 Å². The van der Waals surface area contributed by atoms with Gasteiger partial charge < -0.3 is 14.1 Å². The maximum atomic E-state index is 12.4. The number of ether oxygens (including phenoxy) is 1. The lowest BCUT2D eigenvalue weighted by molar-refractivity contribution is -0.00305. The molecule has 126 valence electrons. The summed E-state index contributed by atoms with van der Waals surface area (Å²) in [7, 11) is 2.18. The molecule has 2 saturated heterocycles. The minimum absolute atomic E-state index is 0.00688. The number of carbonyl (C=O) groups is 1. The van der Waals surface area contributed by atoms with Crippen LogP contribution >= 0.6 is 15.9 Å². The Balaban J connectivity index is 1.43. The highest BCUT2D eigenvalue weighted by Crippen LogP contribution is 2.36. The number of carbonyl (C=O) groups excluding carboxylic acids is 1. The van der Waals surface area contributed by atoms with Gasteiger partial charge in [0.25, 0.3) is 0 Å². The van der Waals surface area contributed by atoms with Gasteiger partial charge in [0.05, 0.1) is 0 Å². The van der Waals surface area contributed by atoms with Crippen molar-refractivity contribution in [1.82, 2.24) is 4.90 Å². The molecular formula is C19H20BrNO3. The average Bonchev–Trinajstić information content (AvgIpc) is 3.12. The zero-order valence-corrected chi connectivity index (χ0v) is 15.2. The molecule has 24 heavy (non-hydrogen) atoms. The second kappa shape index (κ2) is 6.37. The maximum Gasteiger partial charge on any atom is 0.374 e. The molecule has 1 aromatic carbocycles. The Kier molecular flexibility index (Phi) is 4.22. The molecule has 2 aliphatic heterocycles. The van der Waals surface area contributed by atoms with Crippen molar-refractivity contribution in [1.29, 1.82) is 0 Å². The maximum absolute atomic E-state index is 12.4. The van der Waals surface area contributed by atoms with Crippen LogP contribution in [0.3, 0.4) is 0 Å². The standard InChI is InChI=1S/C19H20BrNO3/c1-21-14-6-7-15(21)11-16(10-14)23-19(22)18-9-8-17(24-18)12-2-4-13(20)5-3-12/h2-5,8-9,14-16H,6-7,10-11H2,1H3. The molecule has 2 atom stereocenters. The Morgan fingerprint density at radius 1 is 1.12 bits per heavy atom. The van der Waals surface area contributed by atoms with Crippen LogP contribution in [0, 0.1) is 0 Å². The number of esters is 1. The summed E-state index contributed by atoms with van der Waals surface area (Å²) < 4.78 is 12.4. The number of benzene rings is 1. The molecule has 2 aliphatic rings. The van der Waals surface area contributed by atoms with Crippen LogP contribution in [0.5, 0.6) is 0 Å². The number of hydrogen-bond acceptors (Lipinski definition) is 4. The van der Waals surface area contributed by atoms with Crippen molar-refractivity contribution >= 4 is 21.9 Å². The van der Waals surface area contributed by atoms with E-state index in [-0.39, 0.29) is 17.8 Å². The van der Waals surface area contributed by atoms with Crippen LogP contribution in [0.1, 0.15) is 36.2 Å². The fourth-order valence-corrected chi connectivity index (χ4v) is 4.15. The molecule has 2 bridgehead atoms. The van der Waals surface area contributed by atoms with Gasteiger partial charge in [0, 0.05) is 35.0 Å². The largest absolute Gasteiger partial charge is 0.456 e. The first kappa shape index (κ1) is 15.9. The van der Waals surface area contributed by atoms with E-state index in [2.05, 4.69) is 27.9 Å². The van der Waals surface area contributed by atoms with E-state index in [1.54, 1.807) is 6.07 Å². The highest BCUT2D eigenvalue weighted by Gasteiger charge is 2.40. The van der Waals surface area contributed by atoms with Crippen molar-refractivity contribution in [3.05, 3.63) is 46.6 Å². The molecule has 5 heteroatoms. The topological polar surface area (TPSA) is 42.7 Å². The fourth-order valence-electron chi connectivity index (χ4n) is 3.88. The normalized spacial score (nSPS) is 26.5. The SMILES string of the molecule is CN1C2CCC1CC(OC(=O)c1ccc(-c3ccc(Br)cc3)o1)C2. The van der Waals surface area contributed by atoms with E-state index in [1.165, 1.54) is 12.8 Å². The third-order valence-corrected chi connectivity index (χ3v) is 5.79. The summed E-state index contributed by atoms with van der Waals surface area (Å²) in [6.07, 6.45) is 4.29. The monoisotopic (exact) mass is 389 g/mol. The summed E-state index contributed by atoms with van der Waals surface area (Å²) >= 11 is 3.41. The minimum Gasteiger partial charge on any atom is -0.456 e. The molecule has 4 nitrogen and oxygen atoms in total. The van der Waals surface area contributed by atoms with E-state index in [1.807, 2.05) is 30.3 Å². The van der Waals surface area contributed by atoms with Crippen molar-refractivity contribution in [2.75, 3.05) is 7.05 Å². The number of furan rings is 1. The molecular weight excluding hydrogens is 370 g/mol. The first-order valence-electron chi connectivity index (χ1n) is 8.39. The first-order valence-corrected chi connectivity index (χ1v) is 9.18. The van der Waals surface area contributed by atoms with Crippen LogP contribution < -0.4 is 0 Å². The fraction of sp³-hybridized carbons (Fsp3) is 0.421. The number of halogens is 1. The van der Waals surface area contributed by atoms with Gasteiger partial charge >= 0.3 is 5.97 Å². The third-order valence-electron chi connectivity index (χ3n) is 5.26. The number of hydrogen-bond donors (Lipinski definition) is 0. The Morgan fingerprint density at radius 3 is 2.46 bits per heavy atom. The zero-order valence-electron chi connectivity index (χ0n) is 13.6. The Morgan fingerprint density at radius 2 is 1.79 bits per heavy atom. The van der Waals surface area contributed by atoms with Gasteiger partial charge in [-0.05, 0) is 44.2 Å². The van der Waals surface area contributed by atoms with Crippen molar-refractivity contribution in [2.24, 2.45) is 0 Å². The predicted octanol–water partition coefficient (Wildman–Crippen LogP) is 4.49. The van der Waals surface area contributed by atoms with E-state index < -0.39 is 0 Å².